The molecule has 8 heteroatoms. The van der Waals surface area contributed by atoms with Gasteiger partial charge in [0.2, 0.25) is 5.95 Å². The first-order chi connectivity index (χ1) is 11.7. The van der Waals surface area contributed by atoms with Crippen molar-refractivity contribution in [1.82, 2.24) is 15.3 Å². The van der Waals surface area contributed by atoms with Crippen LogP contribution in [0.5, 0.6) is 0 Å². The van der Waals surface area contributed by atoms with Crippen LogP contribution < -0.4 is 16.0 Å². The van der Waals surface area contributed by atoms with E-state index in [0.29, 0.717) is 22.5 Å². The zero-order valence-electron chi connectivity index (χ0n) is 14.0. The van der Waals surface area contributed by atoms with Crippen LogP contribution in [0.2, 0.25) is 0 Å². The van der Waals surface area contributed by atoms with E-state index in [1.54, 1.807) is 18.3 Å². The number of rotatable bonds is 3. The zero-order valence-corrected chi connectivity index (χ0v) is 14.8. The molecule has 3 N–H and O–H groups in total. The topological polar surface area (TPSA) is 101 Å². The van der Waals surface area contributed by atoms with Crippen molar-refractivity contribution in [1.29, 1.82) is 0 Å². The van der Waals surface area contributed by atoms with Crippen molar-refractivity contribution in [2.45, 2.75) is 26.7 Å². The Morgan fingerprint density at radius 2 is 2.08 bits per heavy atom. The van der Waals surface area contributed by atoms with Crippen molar-refractivity contribution in [3.8, 4) is 0 Å². The minimum Gasteiger partial charge on any atom is -0.341 e. The highest BCUT2D eigenvalue weighted by atomic mass is 32.2. The molecule has 0 saturated carbocycles. The molecule has 2 aliphatic heterocycles. The number of anilines is 1. The maximum absolute atomic E-state index is 11.6. The van der Waals surface area contributed by atoms with Crippen molar-refractivity contribution < 1.29 is 9.59 Å². The minimum atomic E-state index is -0.376. The number of hydrogen-bond donors (Lipinski definition) is 2. The second kappa shape index (κ2) is 8.79. The van der Waals surface area contributed by atoms with E-state index in [2.05, 4.69) is 20.2 Å². The van der Waals surface area contributed by atoms with Gasteiger partial charge in [-0.3, -0.25) is 14.9 Å². The van der Waals surface area contributed by atoms with Crippen molar-refractivity contribution in [2.75, 3.05) is 24.5 Å². The van der Waals surface area contributed by atoms with Gasteiger partial charge in [-0.1, -0.05) is 13.8 Å². The summed E-state index contributed by atoms with van der Waals surface area (Å²) in [7, 11) is 0. The highest BCUT2D eigenvalue weighted by Gasteiger charge is 2.25. The molecule has 2 fully saturated rings. The Morgan fingerprint density at radius 3 is 2.67 bits per heavy atom. The Labute approximate surface area is 146 Å². The highest BCUT2D eigenvalue weighted by Crippen LogP contribution is 2.25. The molecule has 0 bridgehead atoms. The second-order valence-electron chi connectivity index (χ2n) is 5.30. The summed E-state index contributed by atoms with van der Waals surface area (Å²) in [6.45, 7) is 6.49. The fourth-order valence-electron chi connectivity index (χ4n) is 2.52. The molecule has 7 nitrogen and oxygen atoms in total. The molecule has 0 atom stereocenters. The van der Waals surface area contributed by atoms with Gasteiger partial charge in [0.05, 0.1) is 10.6 Å². The summed E-state index contributed by atoms with van der Waals surface area (Å²) < 4.78 is 0. The van der Waals surface area contributed by atoms with Crippen molar-refractivity contribution in [3.63, 3.8) is 0 Å². The van der Waals surface area contributed by atoms with Gasteiger partial charge in [-0.05, 0) is 49.2 Å². The molecular weight excluding hydrogens is 326 g/mol. The lowest BCUT2D eigenvalue weighted by molar-refractivity contribution is -0.115. The molecule has 2 aliphatic rings. The largest absolute Gasteiger partial charge is 0.341 e. The molecule has 130 valence electrons. The van der Waals surface area contributed by atoms with Crippen LogP contribution in [-0.4, -0.2) is 40.7 Å². The number of nitrogens with one attached hydrogen (secondary N) is 1. The number of carbonyl (C=O) groups excluding carboxylic acids is 2. The lowest BCUT2D eigenvalue weighted by Gasteiger charge is -2.31. The number of hydrogen-bond acceptors (Lipinski definition) is 7. The van der Waals surface area contributed by atoms with E-state index in [1.807, 2.05) is 13.8 Å². The summed E-state index contributed by atoms with van der Waals surface area (Å²) in [4.78, 5) is 34.0. The first kappa shape index (κ1) is 18.4. The molecule has 2 saturated heterocycles. The van der Waals surface area contributed by atoms with Gasteiger partial charge in [0, 0.05) is 19.3 Å². The average Bonchev–Trinajstić information content (AvgIpc) is 2.94. The Balaban J connectivity index is 0.00000100. The van der Waals surface area contributed by atoms with Crippen LogP contribution in [-0.2, 0) is 4.79 Å². The molecule has 0 aromatic carbocycles. The maximum atomic E-state index is 11.6. The third-order valence-corrected chi connectivity index (χ3v) is 4.63. The van der Waals surface area contributed by atoms with Gasteiger partial charge < -0.3 is 10.6 Å². The molecule has 0 unspecified atom stereocenters. The summed E-state index contributed by atoms with van der Waals surface area (Å²) >= 11 is 0.887. The van der Waals surface area contributed by atoms with E-state index in [4.69, 9.17) is 5.73 Å². The predicted molar refractivity (Wildman–Crippen MR) is 96.5 cm³/mol. The molecule has 2 amide bonds. The van der Waals surface area contributed by atoms with Crippen LogP contribution in [0.1, 0.15) is 32.4 Å². The number of aromatic nitrogens is 2. The zero-order chi connectivity index (χ0) is 17.5. The second-order valence-corrected chi connectivity index (χ2v) is 6.31. The molecular formula is C16H23N5O2S. The molecule has 0 aliphatic carbocycles. The Morgan fingerprint density at radius 1 is 1.38 bits per heavy atom. The molecule has 0 radical (unpaired) electrons. The van der Waals surface area contributed by atoms with Crippen molar-refractivity contribution in [3.05, 3.63) is 22.9 Å². The standard InChI is InChI=1S/C14H17N5O2S.C2H6/c15-8-9-2-5-19(6-3-9)13-16-4-1-10(17-13)7-11-12(20)18-14(21)22-11;1-2/h1,4,7,9H,2-3,5-6,8,15H2,(H,18,20,21);1-2H3/b11-7-;. The molecule has 1 aromatic rings. The van der Waals surface area contributed by atoms with Gasteiger partial charge in [0.1, 0.15) is 0 Å². The van der Waals surface area contributed by atoms with Crippen LogP contribution in [0.15, 0.2) is 17.2 Å². The van der Waals surface area contributed by atoms with E-state index in [0.717, 1.165) is 44.2 Å². The number of nitrogens with two attached hydrogens (primary N) is 1. The molecule has 3 rings (SSSR count). The summed E-state index contributed by atoms with van der Waals surface area (Å²) in [5, 5.41) is 1.88. The van der Waals surface area contributed by atoms with E-state index >= 15 is 0 Å². The van der Waals surface area contributed by atoms with Gasteiger partial charge in [-0.25, -0.2) is 9.97 Å². The SMILES string of the molecule is CC.NCC1CCN(c2nccc(/C=C3\SC(=O)NC3=O)n2)CC1. The first-order valence-corrected chi connectivity index (χ1v) is 9.00. The van der Waals surface area contributed by atoms with Crippen LogP contribution in [0, 0.1) is 5.92 Å². The number of imide groups is 1. The van der Waals surface area contributed by atoms with Crippen LogP contribution >= 0.6 is 11.8 Å². The van der Waals surface area contributed by atoms with E-state index in [1.165, 1.54) is 0 Å². The summed E-state index contributed by atoms with van der Waals surface area (Å²) in [6, 6.07) is 1.72. The smallest absolute Gasteiger partial charge is 0.290 e. The lowest BCUT2D eigenvalue weighted by atomic mass is 9.97. The maximum Gasteiger partial charge on any atom is 0.290 e. The fraction of sp³-hybridized carbons (Fsp3) is 0.500. The number of thioether (sulfide) groups is 1. The molecule has 0 spiro atoms. The van der Waals surface area contributed by atoms with Crippen LogP contribution in [0.4, 0.5) is 10.7 Å². The van der Waals surface area contributed by atoms with Crippen LogP contribution in [0.25, 0.3) is 6.08 Å². The molecule has 24 heavy (non-hydrogen) atoms. The Hall–Kier alpha value is -1.93. The van der Waals surface area contributed by atoms with Crippen molar-refractivity contribution in [2.24, 2.45) is 11.7 Å². The van der Waals surface area contributed by atoms with Gasteiger partial charge in [-0.2, -0.15) is 0 Å². The summed E-state index contributed by atoms with van der Waals surface area (Å²) in [6.07, 6.45) is 5.36. The first-order valence-electron chi connectivity index (χ1n) is 8.18. The summed E-state index contributed by atoms with van der Waals surface area (Å²) in [5.74, 6) is 0.852. The third-order valence-electron chi connectivity index (χ3n) is 3.82. The number of nitrogens with zero attached hydrogens (tertiary/aromatic N) is 3. The molecule has 1 aromatic heterocycles. The van der Waals surface area contributed by atoms with E-state index in [9.17, 15) is 9.59 Å². The summed E-state index contributed by atoms with van der Waals surface area (Å²) in [5.41, 5.74) is 6.33. The van der Waals surface area contributed by atoms with Gasteiger partial charge >= 0.3 is 0 Å². The third kappa shape index (κ3) is 4.55. The van der Waals surface area contributed by atoms with Crippen molar-refractivity contribution >= 4 is 34.9 Å². The number of amides is 2. The lowest BCUT2D eigenvalue weighted by Crippen LogP contribution is -2.37. The van der Waals surface area contributed by atoms with E-state index in [-0.39, 0.29) is 11.1 Å². The number of piperidine rings is 1. The monoisotopic (exact) mass is 349 g/mol. The average molecular weight is 349 g/mol. The molecule has 3 heterocycles. The van der Waals surface area contributed by atoms with Crippen LogP contribution in [0.3, 0.4) is 0 Å². The Kier molecular flexibility index (Phi) is 6.74. The van der Waals surface area contributed by atoms with Gasteiger partial charge in [0.25, 0.3) is 11.1 Å². The Bertz CT molecular complexity index is 627. The predicted octanol–water partition coefficient (Wildman–Crippen LogP) is 2.00. The van der Waals surface area contributed by atoms with Gasteiger partial charge in [-0.15, -0.1) is 0 Å². The quantitative estimate of drug-likeness (QED) is 0.805. The highest BCUT2D eigenvalue weighted by molar-refractivity contribution is 8.18. The van der Waals surface area contributed by atoms with E-state index < -0.39 is 0 Å². The van der Waals surface area contributed by atoms with Gasteiger partial charge in [0.15, 0.2) is 0 Å². The normalized spacial score (nSPS) is 20.0. The minimum absolute atomic E-state index is 0.352. The number of carbonyl (C=O) groups is 2. The fourth-order valence-corrected chi connectivity index (χ4v) is 3.19.